The van der Waals surface area contributed by atoms with Crippen molar-refractivity contribution in [2.75, 3.05) is 7.11 Å². The first-order valence-electron chi connectivity index (χ1n) is 10.0. The van der Waals surface area contributed by atoms with Crippen LogP contribution in [0.15, 0.2) is 103 Å². The molecule has 4 rings (SSSR count). The summed E-state index contributed by atoms with van der Waals surface area (Å²) in [4.78, 5) is 0. The second kappa shape index (κ2) is 8.94. The lowest BCUT2D eigenvalue weighted by atomic mass is 9.88. The number of hydrogen-bond donors (Lipinski definition) is 1. The summed E-state index contributed by atoms with van der Waals surface area (Å²) < 4.78 is 16.9. The van der Waals surface area contributed by atoms with Gasteiger partial charge in [0, 0.05) is 0 Å². The van der Waals surface area contributed by atoms with Crippen LogP contribution in [0.1, 0.15) is 18.1 Å². The Balaban J connectivity index is 1.41. The molecule has 1 atom stereocenters. The van der Waals surface area contributed by atoms with Crippen LogP contribution in [0, 0.1) is 0 Å². The molecule has 1 N–H and O–H groups in total. The number of ether oxygens (including phenoxy) is 3. The molecule has 1 unspecified atom stereocenters. The van der Waals surface area contributed by atoms with Crippen LogP contribution >= 0.6 is 0 Å². The maximum atomic E-state index is 11.0. The summed E-state index contributed by atoms with van der Waals surface area (Å²) in [7, 11) is 1.63. The van der Waals surface area contributed by atoms with Crippen LogP contribution in [-0.4, -0.2) is 12.2 Å². The summed E-state index contributed by atoms with van der Waals surface area (Å²) in [5, 5.41) is 11.0. The van der Waals surface area contributed by atoms with Gasteiger partial charge in [-0.05, 0) is 78.7 Å². The first-order chi connectivity index (χ1) is 15.0. The molecule has 0 aliphatic heterocycles. The molecule has 0 radical (unpaired) electrons. The molecular weight excluding hydrogens is 388 g/mol. The van der Waals surface area contributed by atoms with E-state index < -0.39 is 5.60 Å². The first-order valence-corrected chi connectivity index (χ1v) is 10.0. The molecule has 0 bridgehead atoms. The van der Waals surface area contributed by atoms with Gasteiger partial charge in [-0.2, -0.15) is 0 Å². The van der Waals surface area contributed by atoms with E-state index >= 15 is 0 Å². The van der Waals surface area contributed by atoms with Gasteiger partial charge in [0.05, 0.1) is 7.11 Å². The smallest absolute Gasteiger partial charge is 0.127 e. The third-order valence-corrected chi connectivity index (χ3v) is 5.11. The van der Waals surface area contributed by atoms with Crippen LogP contribution in [-0.2, 0) is 5.60 Å². The van der Waals surface area contributed by atoms with Gasteiger partial charge in [0.2, 0.25) is 0 Å². The number of benzene rings is 4. The third-order valence-electron chi connectivity index (χ3n) is 5.11. The number of methoxy groups -OCH3 is 1. The first kappa shape index (κ1) is 20.5. The molecule has 0 saturated carbocycles. The summed E-state index contributed by atoms with van der Waals surface area (Å²) in [5.74, 6) is 3.62. The normalized spacial score (nSPS) is 12.6. The SMILES string of the molecule is COc1ccc(Oc2ccc(Oc3ccc(C(C)(O)c4ccccc4)cc3)cc2)cc1. The van der Waals surface area contributed by atoms with Gasteiger partial charge in [0.25, 0.3) is 0 Å². The highest BCUT2D eigenvalue weighted by atomic mass is 16.5. The van der Waals surface area contributed by atoms with Crippen LogP contribution in [0.2, 0.25) is 0 Å². The van der Waals surface area contributed by atoms with Gasteiger partial charge in [0.1, 0.15) is 34.3 Å². The summed E-state index contributed by atoms with van der Waals surface area (Å²) in [6.07, 6.45) is 0. The monoisotopic (exact) mass is 412 g/mol. The van der Waals surface area contributed by atoms with E-state index in [1.807, 2.05) is 103 Å². The fraction of sp³-hybridized carbons (Fsp3) is 0.111. The second-order valence-corrected chi connectivity index (χ2v) is 7.31. The van der Waals surface area contributed by atoms with E-state index in [9.17, 15) is 5.11 Å². The molecule has 4 aromatic carbocycles. The van der Waals surface area contributed by atoms with Crippen molar-refractivity contribution in [1.29, 1.82) is 0 Å². The van der Waals surface area contributed by atoms with Crippen molar-refractivity contribution >= 4 is 0 Å². The minimum atomic E-state index is -1.07. The Bertz CT molecular complexity index is 1100. The summed E-state index contributed by atoms with van der Waals surface area (Å²) in [6, 6.07) is 31.9. The fourth-order valence-corrected chi connectivity index (χ4v) is 3.27. The summed E-state index contributed by atoms with van der Waals surface area (Å²) in [6.45, 7) is 1.79. The molecule has 0 heterocycles. The van der Waals surface area contributed by atoms with Crippen molar-refractivity contribution in [2.24, 2.45) is 0 Å². The van der Waals surface area contributed by atoms with E-state index in [0.29, 0.717) is 17.2 Å². The van der Waals surface area contributed by atoms with E-state index in [2.05, 4.69) is 0 Å². The van der Waals surface area contributed by atoms with Gasteiger partial charge in [-0.25, -0.2) is 0 Å². The number of rotatable bonds is 7. The Kier molecular flexibility index (Phi) is 5.92. The van der Waals surface area contributed by atoms with E-state index in [-0.39, 0.29) is 0 Å². The van der Waals surface area contributed by atoms with Crippen molar-refractivity contribution in [3.63, 3.8) is 0 Å². The van der Waals surface area contributed by atoms with Crippen molar-refractivity contribution in [3.8, 4) is 28.7 Å². The van der Waals surface area contributed by atoms with Crippen LogP contribution in [0.5, 0.6) is 28.7 Å². The van der Waals surface area contributed by atoms with E-state index in [1.54, 1.807) is 14.0 Å². The standard InChI is InChI=1S/C27H24O4/c1-27(28,20-6-4-3-5-7-20)21-8-10-23(11-9-21)30-25-16-18-26(19-17-25)31-24-14-12-22(29-2)13-15-24/h3-19,28H,1-2H3. The highest BCUT2D eigenvalue weighted by molar-refractivity contribution is 5.41. The van der Waals surface area contributed by atoms with E-state index in [1.165, 1.54) is 0 Å². The van der Waals surface area contributed by atoms with Crippen molar-refractivity contribution in [3.05, 3.63) is 114 Å². The Morgan fingerprint density at radius 3 is 1.29 bits per heavy atom. The lowest BCUT2D eigenvalue weighted by Crippen LogP contribution is -2.22. The van der Waals surface area contributed by atoms with Crippen molar-refractivity contribution < 1.29 is 19.3 Å². The van der Waals surface area contributed by atoms with Gasteiger partial charge in [-0.15, -0.1) is 0 Å². The van der Waals surface area contributed by atoms with E-state index in [0.717, 1.165) is 22.6 Å². The summed E-state index contributed by atoms with van der Waals surface area (Å²) in [5.41, 5.74) is 0.575. The zero-order chi connectivity index (χ0) is 21.7. The average Bonchev–Trinajstić information content (AvgIpc) is 2.82. The molecule has 0 aliphatic rings. The summed E-state index contributed by atoms with van der Waals surface area (Å²) >= 11 is 0. The third kappa shape index (κ3) is 4.87. The van der Waals surface area contributed by atoms with Crippen LogP contribution in [0.25, 0.3) is 0 Å². The number of aliphatic hydroxyl groups is 1. The van der Waals surface area contributed by atoms with Crippen LogP contribution in [0.3, 0.4) is 0 Å². The highest BCUT2D eigenvalue weighted by Gasteiger charge is 2.25. The molecule has 156 valence electrons. The predicted octanol–water partition coefficient (Wildman–Crippen LogP) is 6.54. The van der Waals surface area contributed by atoms with Crippen molar-refractivity contribution in [1.82, 2.24) is 0 Å². The maximum absolute atomic E-state index is 11.0. The number of hydrogen-bond acceptors (Lipinski definition) is 4. The van der Waals surface area contributed by atoms with Gasteiger partial charge >= 0.3 is 0 Å². The molecule has 0 aliphatic carbocycles. The highest BCUT2D eigenvalue weighted by Crippen LogP contribution is 2.32. The van der Waals surface area contributed by atoms with Gasteiger partial charge in [0.15, 0.2) is 0 Å². The molecule has 0 saturated heterocycles. The Labute approximate surface area is 182 Å². The van der Waals surface area contributed by atoms with Crippen LogP contribution in [0.4, 0.5) is 0 Å². The Morgan fingerprint density at radius 2 is 0.871 bits per heavy atom. The maximum Gasteiger partial charge on any atom is 0.127 e. The fourth-order valence-electron chi connectivity index (χ4n) is 3.27. The molecule has 4 heteroatoms. The molecular formula is C27H24O4. The second-order valence-electron chi connectivity index (χ2n) is 7.31. The molecule has 0 amide bonds. The quantitative estimate of drug-likeness (QED) is 0.375. The zero-order valence-electron chi connectivity index (χ0n) is 17.5. The molecule has 0 aromatic heterocycles. The lowest BCUT2D eigenvalue weighted by molar-refractivity contribution is 0.102. The molecule has 31 heavy (non-hydrogen) atoms. The molecule has 0 spiro atoms. The minimum absolute atomic E-state index is 0.691. The molecule has 4 aromatic rings. The lowest BCUT2D eigenvalue weighted by Gasteiger charge is -2.24. The largest absolute Gasteiger partial charge is 0.497 e. The van der Waals surface area contributed by atoms with E-state index in [4.69, 9.17) is 14.2 Å². The van der Waals surface area contributed by atoms with Gasteiger partial charge in [-0.3, -0.25) is 0 Å². The Hall–Kier alpha value is -3.76. The molecule has 0 fully saturated rings. The van der Waals surface area contributed by atoms with Gasteiger partial charge < -0.3 is 19.3 Å². The van der Waals surface area contributed by atoms with Gasteiger partial charge in [-0.1, -0.05) is 42.5 Å². The Morgan fingerprint density at radius 1 is 0.516 bits per heavy atom. The topological polar surface area (TPSA) is 47.9 Å². The molecule has 4 nitrogen and oxygen atoms in total. The average molecular weight is 412 g/mol. The predicted molar refractivity (Wildman–Crippen MR) is 121 cm³/mol. The minimum Gasteiger partial charge on any atom is -0.497 e. The van der Waals surface area contributed by atoms with Crippen molar-refractivity contribution in [2.45, 2.75) is 12.5 Å². The van der Waals surface area contributed by atoms with Crippen LogP contribution < -0.4 is 14.2 Å². The zero-order valence-corrected chi connectivity index (χ0v) is 17.5.